The van der Waals surface area contributed by atoms with E-state index in [1.165, 1.54) is 4.68 Å². The van der Waals surface area contributed by atoms with E-state index in [1.807, 2.05) is 16.0 Å². The standard InChI is InChI=1S/C35H55N15O6/c1-3-17-54-19-21-56-22-20-55-18-8-37-33-38-34(47-13-9-45(10-14-47)31(52)26-49-24-29(41-43-49)6-4-5-7-36)40-35(39-33)48-15-11-46(12-16-48)32(53)27-50-25-30(42-44-50)23-28(2)51/h1,24-25,28,51H,4-23,26-27,36H2,2H3,(H,37,38,39,40)/p+1. The van der Waals surface area contributed by atoms with E-state index >= 15 is 0 Å². The number of quaternary nitrogens is 1. The number of nitrogens with zero attached hydrogens (tertiary/aromatic N) is 13. The molecule has 3 aromatic heterocycles. The number of anilines is 3. The van der Waals surface area contributed by atoms with Gasteiger partial charge in [0, 0.05) is 77.7 Å². The number of ether oxygens (including phenoxy) is 3. The SMILES string of the molecule is C#CCOCCOCCOCCNc1nc(N2CCN(C(=O)Cn3cc(CCCC[NH3+])nn3)CC2)nc(N2CCN(C(=O)Cn3cc(CC(C)O)nn3)CC2)n1. The number of aliphatic hydroxyl groups excluding tert-OH is 1. The molecule has 21 nitrogen and oxygen atoms in total. The molecule has 21 heteroatoms. The highest BCUT2D eigenvalue weighted by atomic mass is 16.5. The van der Waals surface area contributed by atoms with Crippen molar-refractivity contribution in [3.05, 3.63) is 23.8 Å². The van der Waals surface area contributed by atoms with Crippen LogP contribution in [-0.2, 0) is 49.7 Å². The van der Waals surface area contributed by atoms with Crippen LogP contribution in [0.5, 0.6) is 0 Å². The minimum absolute atomic E-state index is 0.0170. The molecule has 0 bridgehead atoms. The highest BCUT2D eigenvalue weighted by Crippen LogP contribution is 2.20. The van der Waals surface area contributed by atoms with Crippen LogP contribution in [0.2, 0.25) is 0 Å². The zero-order chi connectivity index (χ0) is 39.5. The molecule has 0 saturated carbocycles. The molecule has 306 valence electrons. The van der Waals surface area contributed by atoms with E-state index in [-0.39, 0.29) is 31.5 Å². The zero-order valence-corrected chi connectivity index (χ0v) is 32.4. The van der Waals surface area contributed by atoms with Crippen molar-refractivity contribution in [2.45, 2.75) is 51.8 Å². The number of hydrogen-bond acceptors (Lipinski definition) is 16. The summed E-state index contributed by atoms with van der Waals surface area (Å²) in [5.41, 5.74) is 5.40. The first-order chi connectivity index (χ1) is 27.3. The number of piperazine rings is 2. The van der Waals surface area contributed by atoms with Crippen molar-refractivity contribution in [2.24, 2.45) is 0 Å². The topological polar surface area (TPSA) is 235 Å². The largest absolute Gasteiger partial charge is 0.393 e. The molecule has 2 fully saturated rings. The Morgan fingerprint density at radius 2 is 1.34 bits per heavy atom. The smallest absolute Gasteiger partial charge is 0.244 e. The molecule has 2 saturated heterocycles. The lowest BCUT2D eigenvalue weighted by Crippen LogP contribution is -2.51. The van der Waals surface area contributed by atoms with Gasteiger partial charge in [-0.2, -0.15) is 15.0 Å². The van der Waals surface area contributed by atoms with Gasteiger partial charge in [-0.15, -0.1) is 16.6 Å². The number of rotatable bonds is 23. The molecule has 3 aromatic rings. The number of hydrogen-bond donors (Lipinski definition) is 3. The molecule has 0 spiro atoms. The van der Waals surface area contributed by atoms with Crippen LogP contribution in [0.15, 0.2) is 12.4 Å². The summed E-state index contributed by atoms with van der Waals surface area (Å²) >= 11 is 0. The predicted molar refractivity (Wildman–Crippen MR) is 203 cm³/mol. The minimum Gasteiger partial charge on any atom is -0.393 e. The highest BCUT2D eigenvalue weighted by molar-refractivity contribution is 5.76. The van der Waals surface area contributed by atoms with E-state index in [0.29, 0.717) is 122 Å². The Kier molecular flexibility index (Phi) is 16.9. The fourth-order valence-electron chi connectivity index (χ4n) is 6.14. The van der Waals surface area contributed by atoms with Crippen LogP contribution < -0.4 is 20.9 Å². The van der Waals surface area contributed by atoms with Crippen LogP contribution in [0.3, 0.4) is 0 Å². The predicted octanol–water partition coefficient (Wildman–Crippen LogP) is -2.67. The van der Waals surface area contributed by atoms with Crippen LogP contribution >= 0.6 is 0 Å². The summed E-state index contributed by atoms with van der Waals surface area (Å²) in [4.78, 5) is 48.4. The number of unbranched alkanes of at least 4 members (excludes halogenated alkanes) is 1. The molecule has 5 N–H and O–H groups in total. The van der Waals surface area contributed by atoms with Crippen molar-refractivity contribution in [2.75, 3.05) is 120 Å². The van der Waals surface area contributed by atoms with E-state index in [2.05, 4.69) is 42.5 Å². The summed E-state index contributed by atoms with van der Waals surface area (Å²) in [5.74, 6) is 3.74. The van der Waals surface area contributed by atoms with Gasteiger partial charge in [-0.1, -0.05) is 16.3 Å². The van der Waals surface area contributed by atoms with E-state index in [4.69, 9.17) is 35.6 Å². The Labute approximate surface area is 326 Å². The van der Waals surface area contributed by atoms with Crippen molar-refractivity contribution in [3.63, 3.8) is 0 Å². The fourth-order valence-corrected chi connectivity index (χ4v) is 6.14. The number of aromatic nitrogens is 9. The quantitative estimate of drug-likeness (QED) is 0.0658. The first kappa shape index (κ1) is 42.1. The number of aryl methyl sites for hydroxylation is 1. The van der Waals surface area contributed by atoms with Crippen LogP contribution in [0.4, 0.5) is 17.8 Å². The summed E-state index contributed by atoms with van der Waals surface area (Å²) in [6, 6.07) is 0. The number of carbonyl (C=O) groups excluding carboxylic acids is 2. The first-order valence-corrected chi connectivity index (χ1v) is 19.3. The molecule has 5 rings (SSSR count). The van der Waals surface area contributed by atoms with Crippen molar-refractivity contribution in [1.29, 1.82) is 0 Å². The van der Waals surface area contributed by atoms with Crippen LogP contribution in [-0.4, -0.2) is 183 Å². The molecule has 1 atom stereocenters. The fraction of sp³-hybridized carbons (Fsp3) is 0.686. The van der Waals surface area contributed by atoms with Crippen LogP contribution in [0.1, 0.15) is 31.2 Å². The van der Waals surface area contributed by atoms with Gasteiger partial charge < -0.3 is 50.0 Å². The normalized spacial score (nSPS) is 15.2. The average molecular weight is 783 g/mol. The Bertz CT molecular complexity index is 1680. The lowest BCUT2D eigenvalue weighted by molar-refractivity contribution is -0.368. The van der Waals surface area contributed by atoms with Gasteiger partial charge in [0.15, 0.2) is 0 Å². The number of aliphatic hydroxyl groups is 1. The number of carbonyl (C=O) groups is 2. The zero-order valence-electron chi connectivity index (χ0n) is 32.4. The van der Waals surface area contributed by atoms with Crippen molar-refractivity contribution < 1.29 is 34.6 Å². The van der Waals surface area contributed by atoms with E-state index in [1.54, 1.807) is 22.7 Å². The van der Waals surface area contributed by atoms with E-state index in [9.17, 15) is 14.7 Å². The first-order valence-electron chi connectivity index (χ1n) is 19.3. The van der Waals surface area contributed by atoms with Gasteiger partial charge in [0.2, 0.25) is 29.7 Å². The third-order valence-corrected chi connectivity index (χ3v) is 9.11. The van der Waals surface area contributed by atoms with Gasteiger partial charge in [0.05, 0.1) is 57.1 Å². The minimum atomic E-state index is -0.539. The molecule has 2 aliphatic heterocycles. The number of amides is 2. The molecule has 2 aliphatic rings. The summed E-state index contributed by atoms with van der Waals surface area (Å²) in [6.45, 7) is 9.75. The lowest BCUT2D eigenvalue weighted by Gasteiger charge is -2.36. The summed E-state index contributed by atoms with van der Waals surface area (Å²) in [7, 11) is 0. The van der Waals surface area contributed by atoms with E-state index in [0.717, 1.165) is 31.5 Å². The second kappa shape index (κ2) is 22.5. The maximum atomic E-state index is 13.2. The Hall–Kier alpha value is -5.01. The molecule has 1 unspecified atom stereocenters. The number of nitrogens with one attached hydrogen (secondary N) is 1. The van der Waals surface area contributed by atoms with Crippen molar-refractivity contribution in [1.82, 2.24) is 54.7 Å². The van der Waals surface area contributed by atoms with Crippen LogP contribution in [0, 0.1) is 12.3 Å². The number of terminal acetylenes is 1. The molecule has 56 heavy (non-hydrogen) atoms. The van der Waals surface area contributed by atoms with Crippen molar-refractivity contribution in [3.8, 4) is 12.3 Å². The monoisotopic (exact) mass is 782 g/mol. The maximum absolute atomic E-state index is 13.2. The third kappa shape index (κ3) is 13.6. The van der Waals surface area contributed by atoms with Gasteiger partial charge in [-0.25, -0.2) is 9.36 Å². The average Bonchev–Trinajstić information content (AvgIpc) is 3.85. The lowest BCUT2D eigenvalue weighted by atomic mass is 10.2. The second-order valence-corrected chi connectivity index (χ2v) is 13.6. The van der Waals surface area contributed by atoms with Gasteiger partial charge in [0.25, 0.3) is 0 Å². The summed E-state index contributed by atoms with van der Waals surface area (Å²) in [6.07, 6.45) is 11.4. The van der Waals surface area contributed by atoms with Gasteiger partial charge in [-0.05, 0) is 26.2 Å². The summed E-state index contributed by atoms with van der Waals surface area (Å²) < 4.78 is 19.5. The van der Waals surface area contributed by atoms with Crippen LogP contribution in [0.25, 0.3) is 0 Å². The second-order valence-electron chi connectivity index (χ2n) is 13.6. The van der Waals surface area contributed by atoms with Gasteiger partial charge in [0.1, 0.15) is 19.7 Å². The molecule has 5 heterocycles. The Morgan fingerprint density at radius 1 is 0.804 bits per heavy atom. The Morgan fingerprint density at radius 3 is 1.89 bits per heavy atom. The van der Waals surface area contributed by atoms with E-state index < -0.39 is 6.10 Å². The summed E-state index contributed by atoms with van der Waals surface area (Å²) in [5, 5.41) is 29.4. The molecule has 0 aromatic carbocycles. The maximum Gasteiger partial charge on any atom is 0.244 e. The van der Waals surface area contributed by atoms with Gasteiger partial charge >= 0.3 is 0 Å². The molecular weight excluding hydrogens is 726 g/mol. The molecule has 0 aliphatic carbocycles. The molecule has 0 radical (unpaired) electrons. The van der Waals surface area contributed by atoms with Crippen molar-refractivity contribution >= 4 is 29.7 Å². The van der Waals surface area contributed by atoms with Gasteiger partial charge in [-0.3, -0.25) is 9.59 Å². The highest BCUT2D eigenvalue weighted by Gasteiger charge is 2.27. The molecular formula is C35H56N15O6+. The Balaban J connectivity index is 1.15. The third-order valence-electron chi connectivity index (χ3n) is 9.11. The molecule has 2 amide bonds.